The van der Waals surface area contributed by atoms with E-state index in [2.05, 4.69) is 62.5 Å². The van der Waals surface area contributed by atoms with Gasteiger partial charge in [-0.25, -0.2) is 4.57 Å². The number of hydrogen-bond donors (Lipinski definition) is 3. The lowest BCUT2D eigenvalue weighted by Crippen LogP contribution is -2.34. The summed E-state index contributed by atoms with van der Waals surface area (Å²) in [6.45, 7) is 3.88. The summed E-state index contributed by atoms with van der Waals surface area (Å²) >= 11 is 0. The van der Waals surface area contributed by atoms with E-state index >= 15 is 0 Å². The second-order valence-electron chi connectivity index (χ2n) is 18.0. The highest BCUT2D eigenvalue weighted by atomic mass is 31.2. The number of hydrogen-bond acceptors (Lipinski definition) is 8. The molecule has 11 heteroatoms. The maximum atomic E-state index is 12.7. The first-order valence-electron chi connectivity index (χ1n) is 26.7. The fourth-order valence-corrected chi connectivity index (χ4v) is 8.21. The Hall–Kier alpha value is -2.07. The van der Waals surface area contributed by atoms with Crippen LogP contribution in [-0.4, -0.2) is 60.5 Å². The van der Waals surface area contributed by atoms with E-state index in [-0.39, 0.29) is 13.0 Å². The van der Waals surface area contributed by atoms with Crippen molar-refractivity contribution in [2.24, 2.45) is 5.73 Å². The van der Waals surface area contributed by atoms with Crippen LogP contribution in [-0.2, 0) is 32.7 Å². The molecule has 65 heavy (non-hydrogen) atoms. The van der Waals surface area contributed by atoms with Gasteiger partial charge in [-0.05, 0) is 77.0 Å². The molecule has 0 bridgehead atoms. The minimum atomic E-state index is -4.63. The van der Waals surface area contributed by atoms with Gasteiger partial charge >= 0.3 is 19.8 Å². The number of esters is 1. The molecule has 0 heterocycles. The highest BCUT2D eigenvalue weighted by Crippen LogP contribution is 2.43. The van der Waals surface area contributed by atoms with E-state index in [1.807, 2.05) is 0 Å². The van der Waals surface area contributed by atoms with Crippen LogP contribution in [0, 0.1) is 0 Å². The molecular formula is C54H100NO9P. The van der Waals surface area contributed by atoms with Gasteiger partial charge < -0.3 is 25.2 Å². The van der Waals surface area contributed by atoms with Crippen molar-refractivity contribution in [3.8, 4) is 0 Å². The first-order valence-corrected chi connectivity index (χ1v) is 28.2. The summed E-state index contributed by atoms with van der Waals surface area (Å²) < 4.78 is 33.5. The molecule has 0 rings (SSSR count). The maximum Gasteiger partial charge on any atom is 0.472 e. The Labute approximate surface area is 399 Å². The van der Waals surface area contributed by atoms with Crippen LogP contribution in [0.5, 0.6) is 0 Å². The Balaban J connectivity index is 4.15. The third kappa shape index (κ3) is 49.7. The molecule has 10 nitrogen and oxygen atoms in total. The molecule has 0 amide bonds. The number of phosphoric ester groups is 1. The summed E-state index contributed by atoms with van der Waals surface area (Å²) in [6.07, 6.45) is 60.2. The number of carbonyl (C=O) groups is 2. The van der Waals surface area contributed by atoms with Gasteiger partial charge in [-0.15, -0.1) is 0 Å². The number of carbonyl (C=O) groups excluding carboxylic acids is 1. The molecule has 0 radical (unpaired) electrons. The van der Waals surface area contributed by atoms with Crippen LogP contribution in [0.15, 0.2) is 48.6 Å². The number of unbranched alkanes of at least 4 members (excludes halogenated alkanes) is 29. The Morgan fingerprint density at radius 2 is 0.846 bits per heavy atom. The smallest absolute Gasteiger partial charge is 0.472 e. The minimum Gasteiger partial charge on any atom is -0.480 e. The molecule has 0 aliphatic heterocycles. The standard InChI is InChI=1S/C54H100NO9P/c1-3-5-7-9-11-13-15-17-19-21-23-25-27-29-31-33-35-37-39-41-43-45-47-61-48-51(49-62-65(59,60)63-50-52(55)54(57)58)64-53(56)46-44-42-40-38-36-34-32-30-28-26-24-22-20-18-16-14-12-10-8-6-4-2/h15,17,21-24,27,29,51-52H,3-14,16,18-20,25-26,28,30-50,55H2,1-2H3,(H,57,58)(H,59,60)/b17-15-,23-21-,24-22-,29-27-. The van der Waals surface area contributed by atoms with E-state index in [1.165, 1.54) is 161 Å². The summed E-state index contributed by atoms with van der Waals surface area (Å²) in [6, 6.07) is -1.48. The van der Waals surface area contributed by atoms with E-state index in [4.69, 9.17) is 29.4 Å². The van der Waals surface area contributed by atoms with Gasteiger partial charge in [0.1, 0.15) is 12.1 Å². The fourth-order valence-electron chi connectivity index (χ4n) is 7.43. The predicted molar refractivity (Wildman–Crippen MR) is 272 cm³/mol. The number of allylic oxidation sites excluding steroid dienone is 8. The van der Waals surface area contributed by atoms with E-state index in [0.29, 0.717) is 13.0 Å². The van der Waals surface area contributed by atoms with Gasteiger partial charge in [0.05, 0.1) is 19.8 Å². The van der Waals surface area contributed by atoms with Crippen LogP contribution >= 0.6 is 7.82 Å². The van der Waals surface area contributed by atoms with E-state index in [1.54, 1.807) is 0 Å². The van der Waals surface area contributed by atoms with Crippen molar-refractivity contribution in [1.82, 2.24) is 0 Å². The number of aliphatic carboxylic acids is 1. The van der Waals surface area contributed by atoms with Crippen molar-refractivity contribution in [2.45, 2.75) is 257 Å². The summed E-state index contributed by atoms with van der Waals surface area (Å²) in [7, 11) is -4.63. The second kappa shape index (κ2) is 49.8. The molecular weight excluding hydrogens is 838 g/mol. The Morgan fingerprint density at radius 1 is 0.492 bits per heavy atom. The van der Waals surface area contributed by atoms with Crippen LogP contribution in [0.3, 0.4) is 0 Å². The number of nitrogens with two attached hydrogens (primary N) is 1. The monoisotopic (exact) mass is 938 g/mol. The summed E-state index contributed by atoms with van der Waals surface area (Å²) in [5, 5.41) is 8.94. The lowest BCUT2D eigenvalue weighted by molar-refractivity contribution is -0.154. The van der Waals surface area contributed by atoms with Crippen LogP contribution < -0.4 is 5.73 Å². The number of ether oxygens (including phenoxy) is 2. The highest BCUT2D eigenvalue weighted by Gasteiger charge is 2.27. The van der Waals surface area contributed by atoms with Crippen molar-refractivity contribution >= 4 is 19.8 Å². The molecule has 4 N–H and O–H groups in total. The molecule has 0 aliphatic carbocycles. The Kier molecular flexibility index (Phi) is 48.2. The molecule has 0 saturated carbocycles. The molecule has 0 saturated heterocycles. The lowest BCUT2D eigenvalue weighted by atomic mass is 10.1. The zero-order valence-electron chi connectivity index (χ0n) is 41.8. The van der Waals surface area contributed by atoms with Crippen LogP contribution in [0.1, 0.15) is 245 Å². The molecule has 0 aliphatic rings. The second-order valence-corrected chi connectivity index (χ2v) is 19.5. The topological polar surface area (TPSA) is 155 Å². The zero-order chi connectivity index (χ0) is 47.6. The van der Waals surface area contributed by atoms with E-state index in [0.717, 1.165) is 57.8 Å². The van der Waals surface area contributed by atoms with Gasteiger partial charge in [0.2, 0.25) is 0 Å². The van der Waals surface area contributed by atoms with E-state index < -0.39 is 45.1 Å². The van der Waals surface area contributed by atoms with E-state index in [9.17, 15) is 19.0 Å². The largest absolute Gasteiger partial charge is 0.480 e. The van der Waals surface area contributed by atoms with Gasteiger partial charge in [-0.2, -0.15) is 0 Å². The number of phosphoric acid groups is 1. The quantitative estimate of drug-likeness (QED) is 0.0232. The average molecular weight is 938 g/mol. The normalized spacial score (nSPS) is 14.0. The maximum absolute atomic E-state index is 12.7. The van der Waals surface area contributed by atoms with Gasteiger partial charge in [-0.3, -0.25) is 18.6 Å². The Morgan fingerprint density at radius 3 is 1.28 bits per heavy atom. The molecule has 0 aromatic heterocycles. The van der Waals surface area contributed by atoms with Crippen LogP contribution in [0.25, 0.3) is 0 Å². The van der Waals surface area contributed by atoms with Crippen LogP contribution in [0.2, 0.25) is 0 Å². The number of carboxylic acid groups (broad SMARTS) is 1. The first-order chi connectivity index (χ1) is 31.7. The molecule has 0 spiro atoms. The summed E-state index contributed by atoms with van der Waals surface area (Å²) in [5.74, 6) is -1.78. The van der Waals surface area contributed by atoms with Gasteiger partial charge in [0.25, 0.3) is 0 Å². The average Bonchev–Trinajstić information content (AvgIpc) is 3.29. The molecule has 0 aromatic carbocycles. The zero-order valence-corrected chi connectivity index (χ0v) is 42.7. The van der Waals surface area contributed by atoms with Gasteiger partial charge in [0, 0.05) is 13.0 Å². The molecule has 3 unspecified atom stereocenters. The lowest BCUT2D eigenvalue weighted by Gasteiger charge is -2.20. The molecule has 3 atom stereocenters. The Bertz CT molecular complexity index is 1220. The molecule has 380 valence electrons. The summed E-state index contributed by atoms with van der Waals surface area (Å²) in [4.78, 5) is 33.7. The summed E-state index contributed by atoms with van der Waals surface area (Å²) in [5.41, 5.74) is 5.38. The fraction of sp³-hybridized carbons (Fsp3) is 0.815. The van der Waals surface area contributed by atoms with Crippen molar-refractivity contribution in [2.75, 3.05) is 26.4 Å². The van der Waals surface area contributed by atoms with Gasteiger partial charge in [-0.1, -0.05) is 210 Å². The van der Waals surface area contributed by atoms with Crippen molar-refractivity contribution in [3.05, 3.63) is 48.6 Å². The SMILES string of the molecule is CCCCCCC/C=C\C/C=C\C/C=C\CCCCCCCCCOCC(COP(=O)(O)OCC(N)C(=O)O)OC(=O)CCCCCCCCCCC/C=C\CCCCCCCCCC. The molecule has 0 aromatic rings. The van der Waals surface area contributed by atoms with Crippen LogP contribution in [0.4, 0.5) is 0 Å². The first kappa shape index (κ1) is 62.9. The van der Waals surface area contributed by atoms with Gasteiger partial charge in [0.15, 0.2) is 0 Å². The number of carboxylic acids is 1. The number of rotatable bonds is 51. The van der Waals surface area contributed by atoms with Crippen molar-refractivity contribution in [3.63, 3.8) is 0 Å². The van der Waals surface area contributed by atoms with Crippen molar-refractivity contribution < 1.29 is 42.7 Å². The highest BCUT2D eigenvalue weighted by molar-refractivity contribution is 7.47. The van der Waals surface area contributed by atoms with Crippen molar-refractivity contribution in [1.29, 1.82) is 0 Å². The third-order valence-corrected chi connectivity index (χ3v) is 12.5. The predicted octanol–water partition coefficient (Wildman–Crippen LogP) is 15.8. The molecule has 0 fully saturated rings. The third-order valence-electron chi connectivity index (χ3n) is 11.6. The minimum absolute atomic E-state index is 0.00951.